The van der Waals surface area contributed by atoms with Crippen LogP contribution in [0.3, 0.4) is 0 Å². The van der Waals surface area contributed by atoms with Gasteiger partial charge in [-0.25, -0.2) is 4.39 Å². The third kappa shape index (κ3) is 9.95. The third-order valence-electron chi connectivity index (χ3n) is 2.74. The summed E-state index contributed by atoms with van der Waals surface area (Å²) in [5, 5.41) is 6.53. The molecular weight excluding hydrogens is 400 g/mol. The molecule has 21 heavy (non-hydrogen) atoms. The van der Waals surface area contributed by atoms with Gasteiger partial charge in [-0.2, -0.15) is 11.8 Å². The Morgan fingerprint density at radius 2 is 1.95 bits per heavy atom. The molecule has 0 aliphatic rings. The molecule has 0 bridgehead atoms. The van der Waals surface area contributed by atoms with Crippen molar-refractivity contribution in [2.24, 2.45) is 4.99 Å². The molecule has 0 aliphatic heterocycles. The lowest BCUT2D eigenvalue weighted by Gasteiger charge is -2.11. The fourth-order valence-corrected chi connectivity index (χ4v) is 2.14. The summed E-state index contributed by atoms with van der Waals surface area (Å²) >= 11 is 1.84. The number of thioether (sulfide) groups is 1. The van der Waals surface area contributed by atoms with Gasteiger partial charge < -0.3 is 10.6 Å². The summed E-state index contributed by atoms with van der Waals surface area (Å²) in [6.07, 6.45) is 4.06. The first-order chi connectivity index (χ1) is 9.76. The lowest BCUT2D eigenvalue weighted by Crippen LogP contribution is -2.38. The molecule has 0 saturated heterocycles. The van der Waals surface area contributed by atoms with E-state index in [9.17, 15) is 4.39 Å². The number of rotatable bonds is 8. The number of guanidine groups is 1. The Balaban J connectivity index is 0.00000400. The highest BCUT2D eigenvalue weighted by Crippen LogP contribution is 2.02. The molecular formula is C15H25FIN3S. The minimum Gasteiger partial charge on any atom is -0.357 e. The van der Waals surface area contributed by atoms with Crippen LogP contribution in [0.15, 0.2) is 29.3 Å². The molecule has 1 aromatic carbocycles. The first-order valence-corrected chi connectivity index (χ1v) is 8.41. The van der Waals surface area contributed by atoms with Crippen molar-refractivity contribution in [1.82, 2.24) is 10.6 Å². The molecule has 0 fully saturated rings. The highest BCUT2D eigenvalue weighted by atomic mass is 127. The zero-order valence-corrected chi connectivity index (χ0v) is 15.8. The predicted molar refractivity (Wildman–Crippen MR) is 102 cm³/mol. The Hall–Kier alpha value is -0.500. The minimum atomic E-state index is -0.189. The summed E-state index contributed by atoms with van der Waals surface area (Å²) in [5.74, 6) is 1.81. The van der Waals surface area contributed by atoms with Gasteiger partial charge >= 0.3 is 0 Å². The smallest absolute Gasteiger partial charge is 0.191 e. The monoisotopic (exact) mass is 425 g/mol. The normalized spacial score (nSPS) is 10.9. The van der Waals surface area contributed by atoms with Crippen molar-refractivity contribution in [2.75, 3.05) is 31.6 Å². The number of hydrogen-bond donors (Lipinski definition) is 2. The van der Waals surface area contributed by atoms with Crippen LogP contribution in [0.2, 0.25) is 0 Å². The molecule has 0 unspecified atom stereocenters. The Labute approximate surface area is 148 Å². The fourth-order valence-electron chi connectivity index (χ4n) is 1.72. The molecule has 3 nitrogen and oxygen atoms in total. The van der Waals surface area contributed by atoms with E-state index in [1.807, 2.05) is 23.9 Å². The average molecular weight is 425 g/mol. The maximum atomic E-state index is 12.8. The summed E-state index contributed by atoms with van der Waals surface area (Å²) in [6.45, 7) is 4.54. The van der Waals surface area contributed by atoms with E-state index in [0.717, 1.165) is 49.8 Å². The lowest BCUT2D eigenvalue weighted by atomic mass is 10.1. The molecule has 0 aliphatic carbocycles. The van der Waals surface area contributed by atoms with Gasteiger partial charge in [0.05, 0.1) is 0 Å². The third-order valence-corrected chi connectivity index (χ3v) is 3.44. The lowest BCUT2D eigenvalue weighted by molar-refractivity contribution is 0.626. The van der Waals surface area contributed by atoms with E-state index in [0.29, 0.717) is 0 Å². The van der Waals surface area contributed by atoms with E-state index in [-0.39, 0.29) is 29.8 Å². The Morgan fingerprint density at radius 1 is 1.24 bits per heavy atom. The van der Waals surface area contributed by atoms with Crippen molar-refractivity contribution in [3.63, 3.8) is 0 Å². The van der Waals surface area contributed by atoms with Gasteiger partial charge in [0.25, 0.3) is 0 Å². The summed E-state index contributed by atoms with van der Waals surface area (Å²) in [7, 11) is 0. The molecule has 120 valence electrons. The van der Waals surface area contributed by atoms with Crippen LogP contribution in [-0.2, 0) is 6.42 Å². The summed E-state index contributed by atoms with van der Waals surface area (Å²) in [5.41, 5.74) is 1.12. The minimum absolute atomic E-state index is 0. The highest BCUT2D eigenvalue weighted by molar-refractivity contribution is 14.0. The van der Waals surface area contributed by atoms with Gasteiger partial charge in [-0.15, -0.1) is 24.0 Å². The van der Waals surface area contributed by atoms with E-state index in [1.54, 1.807) is 0 Å². The molecule has 0 heterocycles. The van der Waals surface area contributed by atoms with Gasteiger partial charge in [-0.05, 0) is 49.5 Å². The molecule has 6 heteroatoms. The van der Waals surface area contributed by atoms with E-state index < -0.39 is 0 Å². The number of aliphatic imine (C=N–C) groups is 1. The molecule has 0 spiro atoms. The van der Waals surface area contributed by atoms with Crippen molar-refractivity contribution in [2.45, 2.75) is 19.8 Å². The number of benzene rings is 1. The number of nitrogens with zero attached hydrogens (tertiary/aromatic N) is 1. The van der Waals surface area contributed by atoms with Crippen molar-refractivity contribution < 1.29 is 4.39 Å². The predicted octanol–water partition coefficient (Wildman–Crippen LogP) is 3.29. The van der Waals surface area contributed by atoms with E-state index in [2.05, 4.69) is 28.8 Å². The van der Waals surface area contributed by atoms with Gasteiger partial charge in [0, 0.05) is 19.6 Å². The summed E-state index contributed by atoms with van der Waals surface area (Å²) < 4.78 is 12.8. The van der Waals surface area contributed by atoms with Crippen LogP contribution in [-0.4, -0.2) is 37.6 Å². The van der Waals surface area contributed by atoms with Crippen molar-refractivity contribution >= 4 is 41.7 Å². The van der Waals surface area contributed by atoms with Crippen LogP contribution >= 0.6 is 35.7 Å². The molecule has 0 atom stereocenters. The van der Waals surface area contributed by atoms with Crippen LogP contribution in [0, 0.1) is 5.82 Å². The SMILES string of the molecule is CCNC(=NCCCSC)NCCc1ccc(F)cc1.I. The fraction of sp³-hybridized carbons (Fsp3) is 0.533. The number of hydrogen-bond acceptors (Lipinski definition) is 2. The standard InChI is InChI=1S/C15H24FN3S.HI/c1-3-17-15(18-10-4-12-20-2)19-11-9-13-5-7-14(16)8-6-13;/h5-8H,3-4,9-12H2,1-2H3,(H2,17,18,19);1H. The number of nitrogens with one attached hydrogen (secondary N) is 2. The average Bonchev–Trinajstić information content (AvgIpc) is 2.45. The molecule has 1 aromatic rings. The van der Waals surface area contributed by atoms with Crippen molar-refractivity contribution in [3.8, 4) is 0 Å². The summed E-state index contributed by atoms with van der Waals surface area (Å²) in [6, 6.07) is 6.63. The molecule has 1 rings (SSSR count). The van der Waals surface area contributed by atoms with Gasteiger partial charge in [0.2, 0.25) is 0 Å². The van der Waals surface area contributed by atoms with Gasteiger partial charge in [0.15, 0.2) is 5.96 Å². The van der Waals surface area contributed by atoms with Crippen LogP contribution in [0.4, 0.5) is 4.39 Å². The second-order valence-corrected chi connectivity index (χ2v) is 5.40. The topological polar surface area (TPSA) is 36.4 Å². The maximum Gasteiger partial charge on any atom is 0.191 e. The van der Waals surface area contributed by atoms with E-state index in [1.165, 1.54) is 12.1 Å². The van der Waals surface area contributed by atoms with Gasteiger partial charge in [0.1, 0.15) is 5.82 Å². The largest absolute Gasteiger partial charge is 0.357 e. The first-order valence-electron chi connectivity index (χ1n) is 7.01. The Kier molecular flexibility index (Phi) is 12.9. The van der Waals surface area contributed by atoms with Crippen LogP contribution in [0.1, 0.15) is 18.9 Å². The molecule has 0 aromatic heterocycles. The molecule has 0 amide bonds. The van der Waals surface area contributed by atoms with Crippen molar-refractivity contribution in [3.05, 3.63) is 35.6 Å². The van der Waals surface area contributed by atoms with Crippen molar-refractivity contribution in [1.29, 1.82) is 0 Å². The van der Waals surface area contributed by atoms with E-state index >= 15 is 0 Å². The summed E-state index contributed by atoms with van der Waals surface area (Å²) in [4.78, 5) is 4.52. The second kappa shape index (κ2) is 13.2. The maximum absolute atomic E-state index is 12.8. The van der Waals surface area contributed by atoms with Crippen LogP contribution in [0.25, 0.3) is 0 Å². The Morgan fingerprint density at radius 3 is 2.57 bits per heavy atom. The number of halogens is 2. The van der Waals surface area contributed by atoms with Crippen LogP contribution < -0.4 is 10.6 Å². The van der Waals surface area contributed by atoms with E-state index in [4.69, 9.17) is 0 Å². The molecule has 2 N–H and O–H groups in total. The zero-order chi connectivity index (χ0) is 14.6. The molecule has 0 radical (unpaired) electrons. The van der Waals surface area contributed by atoms with Gasteiger partial charge in [-0.3, -0.25) is 4.99 Å². The highest BCUT2D eigenvalue weighted by Gasteiger charge is 1.98. The zero-order valence-electron chi connectivity index (χ0n) is 12.7. The first kappa shape index (κ1) is 20.5. The quantitative estimate of drug-likeness (QED) is 0.291. The van der Waals surface area contributed by atoms with Crippen LogP contribution in [0.5, 0.6) is 0 Å². The second-order valence-electron chi connectivity index (χ2n) is 4.41. The van der Waals surface area contributed by atoms with Gasteiger partial charge in [-0.1, -0.05) is 12.1 Å². The molecule has 0 saturated carbocycles. The Bertz CT molecular complexity index is 398.